The molecular formula is C15H20ClN2O4S-. The van der Waals surface area contributed by atoms with Gasteiger partial charge in [0.1, 0.15) is 0 Å². The average Bonchev–Trinajstić information content (AvgIpc) is 2.52. The summed E-state index contributed by atoms with van der Waals surface area (Å²) in [6.07, 6.45) is 5.93. The standard InChI is InChI=1S/C15H21ClN2O4S/c16-14-7-6-12(10-13(14)15(19)20)23(21,22)18-9-8-17-11-4-2-1-3-5-11/h6-7,10-11,17-18H,1-5,8-9H2,(H,19,20)/p-1. The Morgan fingerprint density at radius 2 is 1.91 bits per heavy atom. The summed E-state index contributed by atoms with van der Waals surface area (Å²) in [6, 6.07) is 3.97. The van der Waals surface area contributed by atoms with Crippen molar-refractivity contribution < 1.29 is 18.3 Å². The van der Waals surface area contributed by atoms with Crippen molar-refractivity contribution in [2.75, 3.05) is 13.1 Å². The molecule has 2 N–H and O–H groups in total. The largest absolute Gasteiger partial charge is 0.545 e. The van der Waals surface area contributed by atoms with Crippen LogP contribution in [0.1, 0.15) is 42.5 Å². The first-order valence-electron chi connectivity index (χ1n) is 7.64. The second-order valence-corrected chi connectivity index (χ2v) is 7.79. The number of hydrogen-bond acceptors (Lipinski definition) is 5. The molecule has 0 saturated heterocycles. The molecule has 1 saturated carbocycles. The molecule has 2 rings (SSSR count). The molecule has 1 aromatic carbocycles. The summed E-state index contributed by atoms with van der Waals surface area (Å²) in [7, 11) is -3.78. The molecule has 1 fully saturated rings. The predicted octanol–water partition coefficient (Wildman–Crippen LogP) is 0.904. The van der Waals surface area contributed by atoms with Gasteiger partial charge in [0, 0.05) is 29.7 Å². The maximum atomic E-state index is 12.2. The first-order valence-corrected chi connectivity index (χ1v) is 9.50. The fourth-order valence-electron chi connectivity index (χ4n) is 2.68. The van der Waals surface area contributed by atoms with Crippen molar-refractivity contribution in [1.82, 2.24) is 10.0 Å². The Labute approximate surface area is 141 Å². The molecule has 23 heavy (non-hydrogen) atoms. The van der Waals surface area contributed by atoms with Gasteiger partial charge in [-0.1, -0.05) is 30.9 Å². The third-order valence-electron chi connectivity index (χ3n) is 3.92. The number of benzene rings is 1. The summed E-state index contributed by atoms with van der Waals surface area (Å²) in [5.41, 5.74) is -0.338. The lowest BCUT2D eigenvalue weighted by Gasteiger charge is -2.22. The van der Waals surface area contributed by atoms with E-state index in [1.807, 2.05) is 0 Å². The molecule has 0 atom stereocenters. The number of sulfonamides is 1. The van der Waals surface area contributed by atoms with E-state index in [0.29, 0.717) is 12.6 Å². The number of nitrogens with one attached hydrogen (secondary N) is 2. The zero-order chi connectivity index (χ0) is 16.9. The molecule has 1 aliphatic carbocycles. The van der Waals surface area contributed by atoms with Crippen molar-refractivity contribution in [3.05, 3.63) is 28.8 Å². The lowest BCUT2D eigenvalue weighted by molar-refractivity contribution is -0.255. The molecule has 0 amide bonds. The highest BCUT2D eigenvalue weighted by atomic mass is 35.5. The maximum absolute atomic E-state index is 12.2. The quantitative estimate of drug-likeness (QED) is 0.705. The van der Waals surface area contributed by atoms with E-state index in [1.54, 1.807) is 0 Å². The van der Waals surface area contributed by atoms with Crippen LogP contribution < -0.4 is 15.1 Å². The summed E-state index contributed by atoms with van der Waals surface area (Å²) in [4.78, 5) is 10.8. The van der Waals surface area contributed by atoms with Crippen LogP contribution in [-0.4, -0.2) is 33.5 Å². The van der Waals surface area contributed by atoms with Crippen LogP contribution in [0.15, 0.2) is 23.1 Å². The molecule has 128 valence electrons. The fourth-order valence-corrected chi connectivity index (χ4v) is 3.93. The number of rotatable bonds is 7. The summed E-state index contributed by atoms with van der Waals surface area (Å²) in [6.45, 7) is 0.771. The van der Waals surface area contributed by atoms with Crippen molar-refractivity contribution in [2.24, 2.45) is 0 Å². The minimum Gasteiger partial charge on any atom is -0.545 e. The molecule has 0 unspecified atom stereocenters. The smallest absolute Gasteiger partial charge is 0.240 e. The molecule has 0 heterocycles. The van der Waals surface area contributed by atoms with E-state index in [1.165, 1.54) is 31.4 Å². The Kier molecular flexibility index (Phi) is 6.41. The minimum atomic E-state index is -3.78. The summed E-state index contributed by atoms with van der Waals surface area (Å²) < 4.78 is 26.8. The predicted molar refractivity (Wildman–Crippen MR) is 85.8 cm³/mol. The van der Waals surface area contributed by atoms with Crippen LogP contribution in [0.25, 0.3) is 0 Å². The maximum Gasteiger partial charge on any atom is 0.240 e. The molecule has 1 aliphatic rings. The fraction of sp³-hybridized carbons (Fsp3) is 0.533. The van der Waals surface area contributed by atoms with Gasteiger partial charge in [0.05, 0.1) is 10.9 Å². The normalized spacial score (nSPS) is 16.4. The van der Waals surface area contributed by atoms with Crippen molar-refractivity contribution in [2.45, 2.75) is 43.0 Å². The second kappa shape index (κ2) is 8.10. The Bertz CT molecular complexity index is 657. The molecule has 0 bridgehead atoms. The van der Waals surface area contributed by atoms with Crippen molar-refractivity contribution in [3.63, 3.8) is 0 Å². The number of carbonyl (C=O) groups is 1. The Hall–Kier alpha value is -1.15. The van der Waals surface area contributed by atoms with Gasteiger partial charge in [-0.3, -0.25) is 0 Å². The van der Waals surface area contributed by atoms with Crippen LogP contribution in [-0.2, 0) is 10.0 Å². The summed E-state index contributed by atoms with van der Waals surface area (Å²) in [5, 5.41) is 14.2. The van der Waals surface area contributed by atoms with Gasteiger partial charge in [0.15, 0.2) is 0 Å². The molecule has 0 radical (unpaired) electrons. The minimum absolute atomic E-state index is 0.0529. The van der Waals surface area contributed by atoms with Gasteiger partial charge in [-0.2, -0.15) is 0 Å². The van der Waals surface area contributed by atoms with Gasteiger partial charge < -0.3 is 15.2 Å². The number of carboxylic acid groups (broad SMARTS) is 1. The zero-order valence-electron chi connectivity index (χ0n) is 12.7. The molecule has 0 aliphatic heterocycles. The van der Waals surface area contributed by atoms with E-state index in [0.717, 1.165) is 18.9 Å². The molecule has 8 heteroatoms. The topological polar surface area (TPSA) is 98.3 Å². The van der Waals surface area contributed by atoms with Crippen LogP contribution in [0.3, 0.4) is 0 Å². The van der Waals surface area contributed by atoms with Crippen LogP contribution in [0.5, 0.6) is 0 Å². The highest BCUT2D eigenvalue weighted by molar-refractivity contribution is 7.89. The first-order chi connectivity index (χ1) is 10.9. The Morgan fingerprint density at radius 3 is 2.57 bits per heavy atom. The number of carbonyl (C=O) groups excluding carboxylic acids is 1. The summed E-state index contributed by atoms with van der Waals surface area (Å²) >= 11 is 5.71. The van der Waals surface area contributed by atoms with E-state index >= 15 is 0 Å². The molecule has 6 nitrogen and oxygen atoms in total. The van der Waals surface area contributed by atoms with E-state index < -0.39 is 16.0 Å². The van der Waals surface area contributed by atoms with Gasteiger partial charge in [-0.15, -0.1) is 0 Å². The van der Waals surface area contributed by atoms with E-state index in [4.69, 9.17) is 11.6 Å². The molecule has 0 spiro atoms. The van der Waals surface area contributed by atoms with Crippen LogP contribution >= 0.6 is 11.6 Å². The van der Waals surface area contributed by atoms with Gasteiger partial charge in [0.25, 0.3) is 0 Å². The third-order valence-corrected chi connectivity index (χ3v) is 5.71. The molecule has 0 aromatic heterocycles. The highest BCUT2D eigenvalue weighted by Gasteiger charge is 2.16. The number of aromatic carboxylic acids is 1. The number of hydrogen-bond donors (Lipinski definition) is 2. The van der Waals surface area contributed by atoms with Gasteiger partial charge in [0.2, 0.25) is 10.0 Å². The van der Waals surface area contributed by atoms with E-state index in [-0.39, 0.29) is 22.0 Å². The summed E-state index contributed by atoms with van der Waals surface area (Å²) in [5.74, 6) is -1.51. The second-order valence-electron chi connectivity index (χ2n) is 5.62. The Morgan fingerprint density at radius 1 is 1.22 bits per heavy atom. The van der Waals surface area contributed by atoms with Gasteiger partial charge in [-0.25, -0.2) is 13.1 Å². The van der Waals surface area contributed by atoms with E-state index in [2.05, 4.69) is 10.0 Å². The third kappa shape index (κ3) is 5.17. The number of carboxylic acids is 1. The number of halogens is 1. The zero-order valence-corrected chi connectivity index (χ0v) is 14.3. The van der Waals surface area contributed by atoms with Crippen molar-refractivity contribution in [1.29, 1.82) is 0 Å². The van der Waals surface area contributed by atoms with Gasteiger partial charge in [-0.05, 0) is 31.0 Å². The van der Waals surface area contributed by atoms with Crippen LogP contribution in [0, 0.1) is 0 Å². The highest BCUT2D eigenvalue weighted by Crippen LogP contribution is 2.20. The molecular weight excluding hydrogens is 340 g/mol. The lowest BCUT2D eigenvalue weighted by Crippen LogP contribution is -2.38. The lowest BCUT2D eigenvalue weighted by atomic mass is 9.96. The van der Waals surface area contributed by atoms with Crippen molar-refractivity contribution >= 4 is 27.6 Å². The van der Waals surface area contributed by atoms with Crippen LogP contribution in [0.2, 0.25) is 5.02 Å². The monoisotopic (exact) mass is 359 g/mol. The molecule has 1 aromatic rings. The average molecular weight is 360 g/mol. The van der Waals surface area contributed by atoms with Crippen molar-refractivity contribution in [3.8, 4) is 0 Å². The van der Waals surface area contributed by atoms with E-state index in [9.17, 15) is 18.3 Å². The SMILES string of the molecule is O=C([O-])c1cc(S(=O)(=O)NCCNC2CCCCC2)ccc1Cl. The van der Waals surface area contributed by atoms with Gasteiger partial charge >= 0.3 is 0 Å². The van der Waals surface area contributed by atoms with Crippen LogP contribution in [0.4, 0.5) is 0 Å². The Balaban J connectivity index is 1.91. The first kappa shape index (κ1) is 18.2.